The molecule has 0 radical (unpaired) electrons. The van der Waals surface area contributed by atoms with E-state index in [1.807, 2.05) is 17.9 Å². The molecule has 1 amide bonds. The lowest BCUT2D eigenvalue weighted by molar-refractivity contribution is 0.0625. The van der Waals surface area contributed by atoms with Crippen molar-refractivity contribution in [2.75, 3.05) is 32.7 Å². The highest BCUT2D eigenvalue weighted by molar-refractivity contribution is 6.06. The van der Waals surface area contributed by atoms with Gasteiger partial charge in [-0.3, -0.25) is 9.69 Å². The van der Waals surface area contributed by atoms with Gasteiger partial charge in [-0.25, -0.2) is 4.98 Å². The van der Waals surface area contributed by atoms with Crippen LogP contribution in [0.25, 0.3) is 11.1 Å². The molecule has 0 atom stereocenters. The number of hydrogen-bond acceptors (Lipinski definition) is 5. The van der Waals surface area contributed by atoms with Gasteiger partial charge in [-0.05, 0) is 37.3 Å². The quantitative estimate of drug-likeness (QED) is 0.753. The topological polar surface area (TPSA) is 62.5 Å². The average Bonchev–Trinajstić information content (AvgIpc) is 3.08. The Morgan fingerprint density at radius 2 is 1.89 bits per heavy atom. The molecule has 0 saturated carbocycles. The summed E-state index contributed by atoms with van der Waals surface area (Å²) in [5.41, 5.74) is 3.26. The number of pyridine rings is 1. The number of aryl methyl sites for hydroxylation is 2. The Labute approximate surface area is 168 Å². The van der Waals surface area contributed by atoms with Gasteiger partial charge < -0.3 is 9.42 Å². The molecule has 1 aliphatic heterocycles. The molecule has 154 valence electrons. The first-order valence-electron chi connectivity index (χ1n) is 10.6. The molecular formula is C22H34N4O2. The fourth-order valence-electron chi connectivity index (χ4n) is 3.66. The molecule has 1 saturated heterocycles. The molecule has 3 rings (SSSR count). The van der Waals surface area contributed by atoms with Gasteiger partial charge >= 0.3 is 0 Å². The summed E-state index contributed by atoms with van der Waals surface area (Å²) < 4.78 is 5.46. The first-order chi connectivity index (χ1) is 13.3. The molecule has 0 unspecified atom stereocenters. The van der Waals surface area contributed by atoms with Crippen LogP contribution in [0.1, 0.15) is 69.2 Å². The number of carbonyl (C=O) groups is 1. The van der Waals surface area contributed by atoms with E-state index in [1.165, 1.54) is 6.42 Å². The number of rotatable bonds is 6. The molecule has 0 spiro atoms. The third-order valence-corrected chi connectivity index (χ3v) is 5.49. The van der Waals surface area contributed by atoms with Crippen LogP contribution in [0.5, 0.6) is 0 Å². The summed E-state index contributed by atoms with van der Waals surface area (Å²) >= 11 is 0. The van der Waals surface area contributed by atoms with E-state index < -0.39 is 0 Å². The van der Waals surface area contributed by atoms with E-state index in [-0.39, 0.29) is 5.91 Å². The van der Waals surface area contributed by atoms with Crippen molar-refractivity contribution in [1.29, 1.82) is 0 Å². The Bertz CT molecular complexity index is 814. The van der Waals surface area contributed by atoms with Gasteiger partial charge in [-0.2, -0.15) is 0 Å². The zero-order valence-electron chi connectivity index (χ0n) is 18.0. The summed E-state index contributed by atoms with van der Waals surface area (Å²) in [5, 5.41) is 5.00. The summed E-state index contributed by atoms with van der Waals surface area (Å²) in [6.07, 6.45) is 3.69. The highest BCUT2D eigenvalue weighted by Crippen LogP contribution is 2.26. The average molecular weight is 387 g/mol. The highest BCUT2D eigenvalue weighted by atomic mass is 16.5. The maximum Gasteiger partial charge on any atom is 0.259 e. The van der Waals surface area contributed by atoms with Gasteiger partial charge in [-0.15, -0.1) is 0 Å². The number of piperazine rings is 1. The molecule has 0 bridgehead atoms. The third kappa shape index (κ3) is 4.72. The predicted octanol–water partition coefficient (Wildman–Crippen LogP) is 3.93. The molecule has 1 fully saturated rings. The summed E-state index contributed by atoms with van der Waals surface area (Å²) in [5.74, 6) is 0.0816. The van der Waals surface area contributed by atoms with Crippen LogP contribution in [0.15, 0.2) is 10.6 Å². The van der Waals surface area contributed by atoms with E-state index in [0.717, 1.165) is 68.8 Å². The number of aromatic nitrogens is 2. The van der Waals surface area contributed by atoms with Crippen LogP contribution in [0.4, 0.5) is 0 Å². The standard InChI is InChI=1S/C22H34N4O2/c1-6-8-18-19-17(15-16(7-2)23-20(19)28-24-18)21(27)26-13-11-25(12-14-26)10-9-22(3,4)5/h15H,6-14H2,1-5H3. The van der Waals surface area contributed by atoms with E-state index in [4.69, 9.17) is 4.52 Å². The minimum atomic E-state index is 0.0816. The van der Waals surface area contributed by atoms with Crippen LogP contribution in [-0.4, -0.2) is 58.6 Å². The number of nitrogens with zero attached hydrogens (tertiary/aromatic N) is 4. The molecule has 6 heteroatoms. The van der Waals surface area contributed by atoms with Gasteiger partial charge in [0.2, 0.25) is 0 Å². The van der Waals surface area contributed by atoms with Gasteiger partial charge in [-0.1, -0.05) is 46.2 Å². The Morgan fingerprint density at radius 3 is 2.50 bits per heavy atom. The maximum atomic E-state index is 13.4. The smallest absolute Gasteiger partial charge is 0.259 e. The number of hydrogen-bond donors (Lipinski definition) is 0. The highest BCUT2D eigenvalue weighted by Gasteiger charge is 2.27. The molecule has 1 aliphatic rings. The lowest BCUT2D eigenvalue weighted by Crippen LogP contribution is -2.49. The Morgan fingerprint density at radius 1 is 1.18 bits per heavy atom. The SMILES string of the molecule is CCCc1noc2nc(CC)cc(C(=O)N3CCN(CCC(C)(C)C)CC3)c12. The number of fused-ring (bicyclic) bond motifs is 1. The molecule has 3 heterocycles. The summed E-state index contributed by atoms with van der Waals surface area (Å²) in [6.45, 7) is 15.5. The zero-order valence-corrected chi connectivity index (χ0v) is 18.0. The van der Waals surface area contributed by atoms with Crippen molar-refractivity contribution in [3.8, 4) is 0 Å². The second-order valence-corrected chi connectivity index (χ2v) is 9.02. The fourth-order valence-corrected chi connectivity index (χ4v) is 3.66. The van der Waals surface area contributed by atoms with Gasteiger partial charge in [0, 0.05) is 31.9 Å². The first-order valence-corrected chi connectivity index (χ1v) is 10.6. The lowest BCUT2D eigenvalue weighted by atomic mass is 9.92. The Kier molecular flexibility index (Phi) is 6.38. The van der Waals surface area contributed by atoms with Crippen molar-refractivity contribution in [3.05, 3.63) is 23.0 Å². The predicted molar refractivity (Wildman–Crippen MR) is 112 cm³/mol. The van der Waals surface area contributed by atoms with E-state index in [0.29, 0.717) is 16.7 Å². The van der Waals surface area contributed by atoms with E-state index in [2.05, 4.69) is 42.7 Å². The molecule has 2 aromatic heterocycles. The van der Waals surface area contributed by atoms with Crippen molar-refractivity contribution in [2.45, 2.75) is 60.3 Å². The van der Waals surface area contributed by atoms with Crippen molar-refractivity contribution in [2.24, 2.45) is 5.41 Å². The lowest BCUT2D eigenvalue weighted by Gasteiger charge is -2.36. The van der Waals surface area contributed by atoms with Crippen molar-refractivity contribution in [3.63, 3.8) is 0 Å². The Hall–Kier alpha value is -1.95. The molecule has 2 aromatic rings. The molecule has 0 aliphatic carbocycles. The second-order valence-electron chi connectivity index (χ2n) is 9.02. The normalized spacial score (nSPS) is 16.1. The van der Waals surface area contributed by atoms with Crippen molar-refractivity contribution < 1.29 is 9.32 Å². The minimum Gasteiger partial charge on any atom is -0.336 e. The third-order valence-electron chi connectivity index (χ3n) is 5.49. The molecule has 6 nitrogen and oxygen atoms in total. The first kappa shape index (κ1) is 20.8. The zero-order chi connectivity index (χ0) is 20.3. The van der Waals surface area contributed by atoms with Crippen LogP contribution < -0.4 is 0 Å². The van der Waals surface area contributed by atoms with Crippen LogP contribution >= 0.6 is 0 Å². The number of amides is 1. The second kappa shape index (κ2) is 8.60. The molecule has 0 aromatic carbocycles. The fraction of sp³-hybridized carbons (Fsp3) is 0.682. The van der Waals surface area contributed by atoms with Gasteiger partial charge in [0.05, 0.1) is 16.6 Å². The van der Waals surface area contributed by atoms with Crippen LogP contribution in [-0.2, 0) is 12.8 Å². The molecular weight excluding hydrogens is 352 g/mol. The van der Waals surface area contributed by atoms with E-state index in [9.17, 15) is 4.79 Å². The van der Waals surface area contributed by atoms with Gasteiger partial charge in [0.15, 0.2) is 0 Å². The van der Waals surface area contributed by atoms with Crippen LogP contribution in [0, 0.1) is 5.41 Å². The van der Waals surface area contributed by atoms with Crippen molar-refractivity contribution in [1.82, 2.24) is 19.9 Å². The van der Waals surface area contributed by atoms with Gasteiger partial charge in [0.25, 0.3) is 11.6 Å². The van der Waals surface area contributed by atoms with Crippen LogP contribution in [0.2, 0.25) is 0 Å². The summed E-state index contributed by atoms with van der Waals surface area (Å²) in [6, 6.07) is 1.94. The van der Waals surface area contributed by atoms with Crippen LogP contribution in [0.3, 0.4) is 0 Å². The summed E-state index contributed by atoms with van der Waals surface area (Å²) in [4.78, 5) is 22.4. The van der Waals surface area contributed by atoms with Gasteiger partial charge in [0.1, 0.15) is 0 Å². The van der Waals surface area contributed by atoms with Crippen molar-refractivity contribution >= 4 is 17.0 Å². The molecule has 28 heavy (non-hydrogen) atoms. The summed E-state index contributed by atoms with van der Waals surface area (Å²) in [7, 11) is 0. The minimum absolute atomic E-state index is 0.0816. The monoisotopic (exact) mass is 386 g/mol. The Balaban J connectivity index is 1.77. The largest absolute Gasteiger partial charge is 0.336 e. The van der Waals surface area contributed by atoms with E-state index >= 15 is 0 Å². The number of carbonyl (C=O) groups excluding carboxylic acids is 1. The van der Waals surface area contributed by atoms with E-state index in [1.54, 1.807) is 0 Å². The molecule has 0 N–H and O–H groups in total. The maximum absolute atomic E-state index is 13.4.